The lowest BCUT2D eigenvalue weighted by atomic mass is 10.0. The summed E-state index contributed by atoms with van der Waals surface area (Å²) in [6.07, 6.45) is 0. The maximum Gasteiger partial charge on any atom is 0.338 e. The molecule has 3 aromatic carbocycles. The molecule has 4 rings (SSSR count). The molecule has 0 N–H and O–H groups in total. The van der Waals surface area contributed by atoms with Crippen LogP contribution >= 0.6 is 0 Å². The Hall–Kier alpha value is -3.86. The van der Waals surface area contributed by atoms with E-state index in [1.807, 2.05) is 56.3 Å². The van der Waals surface area contributed by atoms with Gasteiger partial charge in [0.1, 0.15) is 23.7 Å². The zero-order valence-corrected chi connectivity index (χ0v) is 16.7. The van der Waals surface area contributed by atoms with Gasteiger partial charge in [-0.3, -0.25) is 0 Å². The van der Waals surface area contributed by atoms with Crippen LogP contribution in [-0.4, -0.2) is 5.97 Å². The standard InChI is InChI=1S/C25H20O5/c1-16-11-12-22-19(14-23(26)30-24(22)17(16)2)15-28-25(27)18-7-6-10-21(13-18)29-20-8-4-3-5-9-20/h3-14H,15H2,1-2H3. The van der Waals surface area contributed by atoms with E-state index in [2.05, 4.69) is 0 Å². The smallest absolute Gasteiger partial charge is 0.338 e. The van der Waals surface area contributed by atoms with Crippen LogP contribution in [0.2, 0.25) is 0 Å². The second-order valence-corrected chi connectivity index (χ2v) is 6.99. The van der Waals surface area contributed by atoms with E-state index in [9.17, 15) is 9.59 Å². The van der Waals surface area contributed by atoms with Gasteiger partial charge in [0.2, 0.25) is 0 Å². The molecule has 0 atom stereocenters. The molecule has 150 valence electrons. The summed E-state index contributed by atoms with van der Waals surface area (Å²) in [5.74, 6) is 0.711. The van der Waals surface area contributed by atoms with Crippen molar-refractivity contribution < 1.29 is 18.7 Å². The maximum atomic E-state index is 12.6. The fourth-order valence-corrected chi connectivity index (χ4v) is 3.18. The van der Waals surface area contributed by atoms with E-state index in [0.717, 1.165) is 16.5 Å². The third-order valence-corrected chi connectivity index (χ3v) is 4.92. The fraction of sp³-hybridized carbons (Fsp3) is 0.120. The van der Waals surface area contributed by atoms with Crippen LogP contribution < -0.4 is 10.4 Å². The van der Waals surface area contributed by atoms with E-state index >= 15 is 0 Å². The number of aryl methyl sites for hydroxylation is 2. The molecule has 0 fully saturated rings. The summed E-state index contributed by atoms with van der Waals surface area (Å²) in [6, 6.07) is 21.3. The Morgan fingerprint density at radius 3 is 2.47 bits per heavy atom. The van der Waals surface area contributed by atoms with Crippen molar-refractivity contribution in [1.29, 1.82) is 0 Å². The molecule has 0 saturated heterocycles. The van der Waals surface area contributed by atoms with Gasteiger partial charge in [-0.25, -0.2) is 9.59 Å². The molecule has 1 aromatic heterocycles. The molecule has 30 heavy (non-hydrogen) atoms. The van der Waals surface area contributed by atoms with Crippen LogP contribution in [-0.2, 0) is 11.3 Å². The minimum Gasteiger partial charge on any atom is -0.457 e. The first-order chi connectivity index (χ1) is 14.5. The lowest BCUT2D eigenvalue weighted by molar-refractivity contribution is 0.0473. The molecule has 5 nitrogen and oxygen atoms in total. The van der Waals surface area contributed by atoms with Crippen LogP contribution in [0.25, 0.3) is 11.0 Å². The number of carbonyl (C=O) groups excluding carboxylic acids is 1. The Morgan fingerprint density at radius 2 is 1.67 bits per heavy atom. The maximum absolute atomic E-state index is 12.6. The Morgan fingerprint density at radius 1 is 0.900 bits per heavy atom. The van der Waals surface area contributed by atoms with Gasteiger partial charge in [0, 0.05) is 17.0 Å². The van der Waals surface area contributed by atoms with Gasteiger partial charge >= 0.3 is 11.6 Å². The second-order valence-electron chi connectivity index (χ2n) is 6.99. The Kier molecular flexibility index (Phi) is 5.35. The van der Waals surface area contributed by atoms with Gasteiger partial charge < -0.3 is 13.9 Å². The number of carbonyl (C=O) groups is 1. The summed E-state index contributed by atoms with van der Waals surface area (Å²) >= 11 is 0. The van der Waals surface area contributed by atoms with E-state index in [4.69, 9.17) is 13.9 Å². The van der Waals surface area contributed by atoms with Crippen molar-refractivity contribution in [3.8, 4) is 11.5 Å². The van der Waals surface area contributed by atoms with Crippen molar-refractivity contribution in [2.45, 2.75) is 20.5 Å². The van der Waals surface area contributed by atoms with Gasteiger partial charge in [-0.05, 0) is 55.3 Å². The zero-order valence-electron chi connectivity index (χ0n) is 16.7. The first-order valence-corrected chi connectivity index (χ1v) is 9.54. The minimum absolute atomic E-state index is 0.0345. The fourth-order valence-electron chi connectivity index (χ4n) is 3.18. The highest BCUT2D eigenvalue weighted by Crippen LogP contribution is 2.25. The topological polar surface area (TPSA) is 65.7 Å². The van der Waals surface area contributed by atoms with Crippen LogP contribution in [0.3, 0.4) is 0 Å². The first kappa shape index (κ1) is 19.5. The number of rotatable bonds is 5. The molecular formula is C25H20O5. The number of benzene rings is 3. The van der Waals surface area contributed by atoms with E-state index in [0.29, 0.717) is 28.2 Å². The molecule has 5 heteroatoms. The number of ether oxygens (including phenoxy) is 2. The minimum atomic E-state index is -0.501. The molecular weight excluding hydrogens is 380 g/mol. The van der Waals surface area contributed by atoms with Gasteiger partial charge in [-0.15, -0.1) is 0 Å². The second kappa shape index (κ2) is 8.25. The van der Waals surface area contributed by atoms with Crippen molar-refractivity contribution in [3.05, 3.63) is 105 Å². The van der Waals surface area contributed by atoms with Crippen molar-refractivity contribution in [2.24, 2.45) is 0 Å². The predicted molar refractivity (Wildman–Crippen MR) is 114 cm³/mol. The van der Waals surface area contributed by atoms with E-state index < -0.39 is 11.6 Å². The molecule has 0 unspecified atom stereocenters. The molecule has 0 saturated carbocycles. The number of fused-ring (bicyclic) bond motifs is 1. The Bertz CT molecular complexity index is 1270. The van der Waals surface area contributed by atoms with Gasteiger partial charge in [0.15, 0.2) is 0 Å². The van der Waals surface area contributed by atoms with Crippen molar-refractivity contribution in [1.82, 2.24) is 0 Å². The van der Waals surface area contributed by atoms with Gasteiger partial charge in [-0.2, -0.15) is 0 Å². The molecule has 4 aromatic rings. The van der Waals surface area contributed by atoms with Crippen LogP contribution in [0, 0.1) is 13.8 Å². The number of hydrogen-bond donors (Lipinski definition) is 0. The van der Waals surface area contributed by atoms with E-state index in [1.54, 1.807) is 24.3 Å². The molecule has 0 spiro atoms. The SMILES string of the molecule is Cc1ccc2c(COC(=O)c3cccc(Oc4ccccc4)c3)cc(=O)oc2c1C. The largest absolute Gasteiger partial charge is 0.457 e. The summed E-state index contributed by atoms with van der Waals surface area (Å²) in [6.45, 7) is 3.81. The molecule has 0 amide bonds. The van der Waals surface area contributed by atoms with Crippen LogP contribution in [0.15, 0.2) is 82.0 Å². The van der Waals surface area contributed by atoms with Crippen molar-refractivity contribution >= 4 is 16.9 Å². The van der Waals surface area contributed by atoms with Gasteiger partial charge in [0.25, 0.3) is 0 Å². The summed E-state index contributed by atoms with van der Waals surface area (Å²) in [4.78, 5) is 24.6. The van der Waals surface area contributed by atoms with Crippen LogP contribution in [0.5, 0.6) is 11.5 Å². The molecule has 0 bridgehead atoms. The third kappa shape index (κ3) is 4.10. The average Bonchev–Trinajstić information content (AvgIpc) is 2.75. The summed E-state index contributed by atoms with van der Waals surface area (Å²) in [5, 5.41) is 0.756. The van der Waals surface area contributed by atoms with Crippen LogP contribution in [0.4, 0.5) is 0 Å². The number of hydrogen-bond acceptors (Lipinski definition) is 5. The summed E-state index contributed by atoms with van der Waals surface area (Å²) in [7, 11) is 0. The molecule has 0 aliphatic rings. The van der Waals surface area contributed by atoms with Crippen molar-refractivity contribution in [2.75, 3.05) is 0 Å². The lowest BCUT2D eigenvalue weighted by Gasteiger charge is -2.10. The van der Waals surface area contributed by atoms with Crippen LogP contribution in [0.1, 0.15) is 27.0 Å². The van der Waals surface area contributed by atoms with Crippen molar-refractivity contribution in [3.63, 3.8) is 0 Å². The zero-order chi connectivity index (χ0) is 21.1. The Labute approximate surface area is 173 Å². The Balaban J connectivity index is 1.54. The summed E-state index contributed by atoms with van der Waals surface area (Å²) < 4.78 is 16.6. The quantitative estimate of drug-likeness (QED) is 0.324. The number of esters is 1. The summed E-state index contributed by atoms with van der Waals surface area (Å²) in [5.41, 5.74) is 2.93. The molecule has 0 aliphatic heterocycles. The normalized spacial score (nSPS) is 10.7. The molecule has 1 heterocycles. The monoisotopic (exact) mass is 400 g/mol. The highest BCUT2D eigenvalue weighted by molar-refractivity contribution is 5.90. The number of para-hydroxylation sites is 1. The average molecular weight is 400 g/mol. The first-order valence-electron chi connectivity index (χ1n) is 9.54. The molecule has 0 aliphatic carbocycles. The van der Waals surface area contributed by atoms with Gasteiger partial charge in [0.05, 0.1) is 5.56 Å². The van der Waals surface area contributed by atoms with E-state index in [-0.39, 0.29) is 6.61 Å². The third-order valence-electron chi connectivity index (χ3n) is 4.92. The molecule has 0 radical (unpaired) electrons. The highest BCUT2D eigenvalue weighted by atomic mass is 16.5. The highest BCUT2D eigenvalue weighted by Gasteiger charge is 2.13. The van der Waals surface area contributed by atoms with E-state index in [1.165, 1.54) is 6.07 Å². The van der Waals surface area contributed by atoms with Gasteiger partial charge in [-0.1, -0.05) is 36.4 Å². The predicted octanol–water partition coefficient (Wildman–Crippen LogP) is 5.56. The lowest BCUT2D eigenvalue weighted by Crippen LogP contribution is -2.08.